The summed E-state index contributed by atoms with van der Waals surface area (Å²) in [4.78, 5) is 50.8. The van der Waals surface area contributed by atoms with E-state index in [0.29, 0.717) is 18.4 Å². The van der Waals surface area contributed by atoms with E-state index in [-0.39, 0.29) is 24.6 Å². The molecule has 0 radical (unpaired) electrons. The summed E-state index contributed by atoms with van der Waals surface area (Å²) in [5, 5.41) is 33.3. The van der Waals surface area contributed by atoms with Crippen LogP contribution in [0.5, 0.6) is 5.75 Å². The van der Waals surface area contributed by atoms with Crippen LogP contribution in [-0.4, -0.2) is 81.2 Å². The molecular weight excluding hydrogens is 432 g/mol. The van der Waals surface area contributed by atoms with Gasteiger partial charge in [0, 0.05) is 6.54 Å². The van der Waals surface area contributed by atoms with E-state index in [4.69, 9.17) is 5.73 Å². The van der Waals surface area contributed by atoms with Gasteiger partial charge in [0.1, 0.15) is 23.9 Å². The Kier molecular flexibility index (Phi) is 9.18. The van der Waals surface area contributed by atoms with Crippen molar-refractivity contribution in [2.24, 2.45) is 11.7 Å². The third-order valence-electron chi connectivity index (χ3n) is 5.59. The molecule has 0 saturated carbocycles. The van der Waals surface area contributed by atoms with E-state index in [1.165, 1.54) is 17.0 Å². The highest BCUT2D eigenvalue weighted by molar-refractivity contribution is 5.94. The van der Waals surface area contributed by atoms with Gasteiger partial charge >= 0.3 is 5.97 Å². The molecule has 11 nitrogen and oxygen atoms in total. The molecule has 1 heterocycles. The molecule has 11 heteroatoms. The molecule has 33 heavy (non-hydrogen) atoms. The molecule has 4 atom stereocenters. The summed E-state index contributed by atoms with van der Waals surface area (Å²) in [6, 6.07) is 1.88. The van der Waals surface area contributed by atoms with Crippen LogP contribution >= 0.6 is 0 Å². The summed E-state index contributed by atoms with van der Waals surface area (Å²) >= 11 is 0. The van der Waals surface area contributed by atoms with Gasteiger partial charge in [0.15, 0.2) is 0 Å². The third-order valence-corrected chi connectivity index (χ3v) is 5.59. The Morgan fingerprint density at radius 3 is 2.33 bits per heavy atom. The van der Waals surface area contributed by atoms with Crippen LogP contribution < -0.4 is 16.4 Å². The first-order chi connectivity index (χ1) is 15.5. The fourth-order valence-electron chi connectivity index (χ4n) is 3.71. The largest absolute Gasteiger partial charge is 0.508 e. The number of phenolic OH excluding ortho intramolecular Hbond substituents is 1. The Balaban J connectivity index is 2.02. The monoisotopic (exact) mass is 464 g/mol. The van der Waals surface area contributed by atoms with Crippen LogP contribution in [0, 0.1) is 5.92 Å². The molecule has 0 aliphatic carbocycles. The molecule has 3 amide bonds. The highest BCUT2D eigenvalue weighted by atomic mass is 16.4. The summed E-state index contributed by atoms with van der Waals surface area (Å²) < 4.78 is 0. The number of hydrogen-bond acceptors (Lipinski definition) is 7. The van der Waals surface area contributed by atoms with Crippen LogP contribution in [0.4, 0.5) is 0 Å². The predicted octanol–water partition coefficient (Wildman–Crippen LogP) is -1.04. The quantitative estimate of drug-likeness (QED) is 0.254. The molecule has 0 spiro atoms. The van der Waals surface area contributed by atoms with E-state index < -0.39 is 54.5 Å². The van der Waals surface area contributed by atoms with Gasteiger partial charge in [-0.05, 0) is 42.9 Å². The Bertz CT molecular complexity index is 859. The molecule has 1 aromatic carbocycles. The van der Waals surface area contributed by atoms with Crippen LogP contribution in [0.25, 0.3) is 0 Å². The van der Waals surface area contributed by atoms with E-state index in [9.17, 15) is 34.5 Å². The molecule has 182 valence electrons. The minimum absolute atomic E-state index is 0.0787. The van der Waals surface area contributed by atoms with Crippen LogP contribution in [0.1, 0.15) is 32.3 Å². The standard InChI is InChI=1S/C22H32N4O7/c1-12(2)18(22(32)33)25-20(30)17-4-3-9-26(17)21(31)16(11-27)24-19(29)15(23)10-13-5-7-14(28)8-6-13/h5-8,12,15-18,27-28H,3-4,9-11,23H2,1-2H3,(H,24,29)(H,25,30)(H,32,33). The van der Waals surface area contributed by atoms with E-state index in [1.807, 2.05) is 0 Å². The van der Waals surface area contributed by atoms with Gasteiger partial charge in [0.05, 0.1) is 12.6 Å². The first kappa shape index (κ1) is 26.1. The molecule has 4 unspecified atom stereocenters. The lowest BCUT2D eigenvalue weighted by Gasteiger charge is -2.29. The highest BCUT2D eigenvalue weighted by Gasteiger charge is 2.39. The maximum absolute atomic E-state index is 13.0. The zero-order chi connectivity index (χ0) is 24.7. The van der Waals surface area contributed by atoms with Crippen LogP contribution in [0.15, 0.2) is 24.3 Å². The number of carbonyl (C=O) groups is 4. The zero-order valence-corrected chi connectivity index (χ0v) is 18.7. The van der Waals surface area contributed by atoms with E-state index in [0.717, 1.165) is 0 Å². The third kappa shape index (κ3) is 6.90. The zero-order valence-electron chi connectivity index (χ0n) is 18.7. The summed E-state index contributed by atoms with van der Waals surface area (Å²) in [6.45, 7) is 2.87. The van der Waals surface area contributed by atoms with Gasteiger partial charge in [0.25, 0.3) is 0 Å². The Labute approximate surface area is 191 Å². The predicted molar refractivity (Wildman–Crippen MR) is 118 cm³/mol. The lowest BCUT2D eigenvalue weighted by molar-refractivity contribution is -0.146. The normalized spacial score (nSPS) is 18.5. The van der Waals surface area contributed by atoms with Gasteiger partial charge in [-0.15, -0.1) is 0 Å². The number of carbonyl (C=O) groups excluding carboxylic acids is 3. The number of aromatic hydroxyl groups is 1. The highest BCUT2D eigenvalue weighted by Crippen LogP contribution is 2.19. The van der Waals surface area contributed by atoms with Gasteiger partial charge in [0.2, 0.25) is 17.7 Å². The second-order valence-electron chi connectivity index (χ2n) is 8.48. The molecule has 2 rings (SSSR count). The summed E-state index contributed by atoms with van der Waals surface area (Å²) in [5.41, 5.74) is 6.64. The number of phenols is 1. The second kappa shape index (κ2) is 11.6. The minimum Gasteiger partial charge on any atom is -0.508 e. The number of aliphatic hydroxyl groups is 1. The van der Waals surface area contributed by atoms with Gasteiger partial charge in [-0.2, -0.15) is 0 Å². The van der Waals surface area contributed by atoms with Crippen molar-refractivity contribution in [2.75, 3.05) is 13.2 Å². The van der Waals surface area contributed by atoms with Crippen molar-refractivity contribution < 1.29 is 34.5 Å². The van der Waals surface area contributed by atoms with Crippen LogP contribution in [0.2, 0.25) is 0 Å². The van der Waals surface area contributed by atoms with E-state index >= 15 is 0 Å². The summed E-state index contributed by atoms with van der Waals surface area (Å²) in [5.74, 6) is -3.32. The average Bonchev–Trinajstić information content (AvgIpc) is 3.26. The van der Waals surface area contributed by atoms with Crippen molar-refractivity contribution in [3.8, 4) is 5.75 Å². The lowest BCUT2D eigenvalue weighted by Crippen LogP contribution is -2.58. The van der Waals surface area contributed by atoms with Crippen molar-refractivity contribution in [1.82, 2.24) is 15.5 Å². The Morgan fingerprint density at radius 1 is 1.15 bits per heavy atom. The molecule has 0 bridgehead atoms. The first-order valence-electron chi connectivity index (χ1n) is 10.8. The van der Waals surface area contributed by atoms with E-state index in [1.54, 1.807) is 26.0 Å². The molecular formula is C22H32N4O7. The fourth-order valence-corrected chi connectivity index (χ4v) is 3.71. The number of hydrogen-bond donors (Lipinski definition) is 6. The van der Waals surface area contributed by atoms with Crippen molar-refractivity contribution in [3.05, 3.63) is 29.8 Å². The average molecular weight is 465 g/mol. The molecule has 7 N–H and O–H groups in total. The molecule has 1 fully saturated rings. The molecule has 0 aromatic heterocycles. The Hall–Kier alpha value is -3.18. The minimum atomic E-state index is -1.29. The molecule has 1 aliphatic rings. The van der Waals surface area contributed by atoms with Crippen molar-refractivity contribution >= 4 is 23.7 Å². The second-order valence-corrected chi connectivity index (χ2v) is 8.48. The van der Waals surface area contributed by atoms with Gasteiger partial charge in [-0.3, -0.25) is 14.4 Å². The molecule has 1 saturated heterocycles. The molecule has 1 aromatic rings. The topological polar surface area (TPSA) is 182 Å². The van der Waals surface area contributed by atoms with Gasteiger partial charge < -0.3 is 36.6 Å². The van der Waals surface area contributed by atoms with Crippen molar-refractivity contribution in [1.29, 1.82) is 0 Å². The number of carboxylic acid groups (broad SMARTS) is 1. The maximum atomic E-state index is 13.0. The number of aliphatic hydroxyl groups excluding tert-OH is 1. The van der Waals surface area contributed by atoms with Gasteiger partial charge in [-0.25, -0.2) is 4.79 Å². The number of amides is 3. The number of likely N-dealkylation sites (tertiary alicyclic amines) is 1. The maximum Gasteiger partial charge on any atom is 0.326 e. The van der Waals surface area contributed by atoms with Crippen molar-refractivity contribution in [2.45, 2.75) is 57.3 Å². The van der Waals surface area contributed by atoms with Gasteiger partial charge in [-0.1, -0.05) is 26.0 Å². The SMILES string of the molecule is CC(C)C(NC(=O)C1CCCN1C(=O)C(CO)NC(=O)C(N)Cc1ccc(O)cc1)C(=O)O. The van der Waals surface area contributed by atoms with Crippen LogP contribution in [0.3, 0.4) is 0 Å². The number of nitrogens with zero attached hydrogens (tertiary/aromatic N) is 1. The van der Waals surface area contributed by atoms with Crippen molar-refractivity contribution in [3.63, 3.8) is 0 Å². The van der Waals surface area contributed by atoms with E-state index in [2.05, 4.69) is 10.6 Å². The lowest BCUT2D eigenvalue weighted by atomic mass is 10.0. The number of benzene rings is 1. The number of rotatable bonds is 10. The Morgan fingerprint density at radius 2 is 1.79 bits per heavy atom. The smallest absolute Gasteiger partial charge is 0.326 e. The summed E-state index contributed by atoms with van der Waals surface area (Å²) in [6.07, 6.45) is 1.02. The fraction of sp³-hybridized carbons (Fsp3) is 0.545. The van der Waals surface area contributed by atoms with Crippen LogP contribution in [-0.2, 0) is 25.6 Å². The number of nitrogens with one attached hydrogen (secondary N) is 2. The summed E-state index contributed by atoms with van der Waals surface area (Å²) in [7, 11) is 0. The number of aliphatic carboxylic acids is 1. The number of nitrogens with two attached hydrogens (primary N) is 1. The first-order valence-corrected chi connectivity index (χ1v) is 10.8. The number of carboxylic acids is 1. The molecule has 1 aliphatic heterocycles.